The SMILES string of the molecule is CC(=O)c1nn2c3c(cc(-c4cnc(C)nc4)cc13)C/C=C/CCCC(=O)N(C)C[C@@]13C[C@@H](C(=O)Nc4ccn(CC(F)(F)F)n4)N(C(=O)C2)[C@@H]1[C@@H]3C. The molecule has 4 aromatic rings. The minimum Gasteiger partial charge on any atom is -0.345 e. The largest absolute Gasteiger partial charge is 0.408 e. The molecule has 2 aliphatic heterocycles. The van der Waals surface area contributed by atoms with Gasteiger partial charge in [-0.25, -0.2) is 9.97 Å². The topological polar surface area (TPSA) is 148 Å². The van der Waals surface area contributed by atoms with E-state index in [0.717, 1.165) is 22.9 Å². The lowest BCUT2D eigenvalue weighted by atomic mass is 9.95. The molecule has 1 saturated carbocycles. The van der Waals surface area contributed by atoms with Crippen LogP contribution in [0.4, 0.5) is 19.0 Å². The Morgan fingerprint density at radius 1 is 1.06 bits per heavy atom. The van der Waals surface area contributed by atoms with Gasteiger partial charge in [-0.3, -0.25) is 28.5 Å². The van der Waals surface area contributed by atoms with Crippen molar-refractivity contribution in [2.45, 2.75) is 84.2 Å². The third-order valence-electron chi connectivity index (χ3n) is 10.8. The number of alkyl halides is 3. The van der Waals surface area contributed by atoms with E-state index in [0.29, 0.717) is 53.6 Å². The third-order valence-corrected chi connectivity index (χ3v) is 10.8. The number of piperidine rings is 1. The smallest absolute Gasteiger partial charge is 0.345 e. The number of carbonyl (C=O) groups is 4. The lowest BCUT2D eigenvalue weighted by molar-refractivity contribution is -0.142. The molecule has 1 aliphatic carbocycles. The summed E-state index contributed by atoms with van der Waals surface area (Å²) in [7, 11) is 1.73. The minimum absolute atomic E-state index is 0.0393. The van der Waals surface area contributed by atoms with Gasteiger partial charge in [0.2, 0.25) is 17.7 Å². The summed E-state index contributed by atoms with van der Waals surface area (Å²) < 4.78 is 41.2. The molecule has 53 heavy (non-hydrogen) atoms. The van der Waals surface area contributed by atoms with E-state index in [1.165, 1.54) is 17.7 Å². The van der Waals surface area contributed by atoms with Crippen LogP contribution in [0, 0.1) is 18.3 Å². The van der Waals surface area contributed by atoms with Gasteiger partial charge >= 0.3 is 6.18 Å². The number of hydrogen-bond donors (Lipinski definition) is 1. The number of allylic oxidation sites excluding steroid dienone is 2. The summed E-state index contributed by atoms with van der Waals surface area (Å²) in [5, 5.41) is 11.7. The predicted octanol–water partition coefficient (Wildman–Crippen LogP) is 4.75. The number of halogens is 3. The van der Waals surface area contributed by atoms with E-state index in [1.807, 2.05) is 31.2 Å². The molecule has 1 aromatic carbocycles. The van der Waals surface area contributed by atoms with Crippen molar-refractivity contribution < 1.29 is 32.3 Å². The first-order valence-electron chi connectivity index (χ1n) is 17.6. The highest BCUT2D eigenvalue weighted by Gasteiger charge is 2.73. The molecule has 1 N–H and O–H groups in total. The van der Waals surface area contributed by atoms with Crippen LogP contribution < -0.4 is 5.32 Å². The van der Waals surface area contributed by atoms with E-state index in [2.05, 4.69) is 25.5 Å². The molecule has 7 rings (SSSR count). The summed E-state index contributed by atoms with van der Waals surface area (Å²) in [4.78, 5) is 66.7. The maximum absolute atomic E-state index is 14.6. The predicted molar refractivity (Wildman–Crippen MR) is 187 cm³/mol. The molecular weight excluding hydrogens is 691 g/mol. The van der Waals surface area contributed by atoms with Crippen LogP contribution in [0.2, 0.25) is 0 Å². The monoisotopic (exact) mass is 731 g/mol. The van der Waals surface area contributed by atoms with Gasteiger partial charge in [0.15, 0.2) is 11.6 Å². The van der Waals surface area contributed by atoms with Crippen molar-refractivity contribution in [1.29, 1.82) is 0 Å². The number of carbonyl (C=O) groups excluding carboxylic acids is 4. The zero-order chi connectivity index (χ0) is 37.8. The Hall–Kier alpha value is -5.41. The molecule has 278 valence electrons. The summed E-state index contributed by atoms with van der Waals surface area (Å²) in [5.74, 6) is -0.845. The molecule has 3 aliphatic rings. The quantitative estimate of drug-likeness (QED) is 0.229. The number of rotatable bonds is 5. The highest BCUT2D eigenvalue weighted by molar-refractivity contribution is 6.07. The summed E-state index contributed by atoms with van der Waals surface area (Å²) in [6, 6.07) is 3.71. The highest BCUT2D eigenvalue weighted by atomic mass is 19.4. The number of Topliss-reactive ketones (excluding diaryl/α,β-unsaturated/α-hetero) is 1. The van der Waals surface area contributed by atoms with Gasteiger partial charge in [0.25, 0.3) is 0 Å². The molecule has 3 aromatic heterocycles. The number of nitrogens with one attached hydrogen (secondary N) is 1. The summed E-state index contributed by atoms with van der Waals surface area (Å²) in [6.07, 6.45) is 6.38. The van der Waals surface area contributed by atoms with E-state index in [9.17, 15) is 32.3 Å². The van der Waals surface area contributed by atoms with Gasteiger partial charge in [-0.1, -0.05) is 19.1 Å². The normalized spacial score (nSPS) is 24.2. The fourth-order valence-corrected chi connectivity index (χ4v) is 8.18. The molecule has 0 spiro atoms. The molecule has 16 heteroatoms. The maximum Gasteiger partial charge on any atom is 0.408 e. The standard InChI is InChI=1S/C37H40F3N9O4/c1-21-34-36(21)15-28(35(53)43-29-11-12-47(44-29)20-37(38,39)40)49(34)31(52)18-48-33-24(9-7-5-6-8-10-30(51)46(4)19-36)13-25(26-16-41-23(3)42-17-26)14-27(33)32(45-48)22(2)50/h5,7,11-14,16-17,21,28,34H,6,8-10,15,18-20H2,1-4H3,(H,43,44,53)/b7-5+/t21-,28-,34+,36+/m0/s1. The second-order valence-corrected chi connectivity index (χ2v) is 14.4. The van der Waals surface area contributed by atoms with Crippen LogP contribution in [-0.4, -0.2) is 94.7 Å². The minimum atomic E-state index is -4.50. The number of ketones is 1. The fourth-order valence-electron chi connectivity index (χ4n) is 8.18. The number of aryl methyl sites for hydroxylation is 1. The van der Waals surface area contributed by atoms with Crippen molar-refractivity contribution in [3.05, 3.63) is 66.0 Å². The second kappa shape index (κ2) is 13.5. The van der Waals surface area contributed by atoms with Crippen LogP contribution in [0.5, 0.6) is 0 Å². The van der Waals surface area contributed by atoms with Gasteiger partial charge in [-0.15, -0.1) is 0 Å². The van der Waals surface area contributed by atoms with E-state index in [-0.39, 0.29) is 48.1 Å². The van der Waals surface area contributed by atoms with Gasteiger partial charge in [0.05, 0.1) is 5.52 Å². The molecule has 2 fully saturated rings. The van der Waals surface area contributed by atoms with E-state index >= 15 is 0 Å². The Morgan fingerprint density at radius 2 is 1.81 bits per heavy atom. The lowest BCUT2D eigenvalue weighted by Crippen LogP contribution is -2.47. The summed E-state index contributed by atoms with van der Waals surface area (Å²) in [5.41, 5.74) is 2.56. The Bertz CT molecular complexity index is 2140. The molecule has 2 bridgehead atoms. The molecule has 3 amide bonds. The van der Waals surface area contributed by atoms with E-state index in [4.69, 9.17) is 0 Å². The number of benzene rings is 1. The average molecular weight is 732 g/mol. The Morgan fingerprint density at radius 3 is 2.53 bits per heavy atom. The molecule has 0 unspecified atom stereocenters. The number of anilines is 1. The Balaban J connectivity index is 1.29. The zero-order valence-corrected chi connectivity index (χ0v) is 29.9. The van der Waals surface area contributed by atoms with Crippen molar-refractivity contribution in [3.63, 3.8) is 0 Å². The number of aromatic nitrogens is 6. The molecule has 5 heterocycles. The first-order valence-corrected chi connectivity index (χ1v) is 17.6. The van der Waals surface area contributed by atoms with Crippen molar-refractivity contribution in [2.24, 2.45) is 11.3 Å². The lowest BCUT2D eigenvalue weighted by Gasteiger charge is -2.28. The Labute approximate surface area is 303 Å². The summed E-state index contributed by atoms with van der Waals surface area (Å²) in [6.45, 7) is 3.92. The average Bonchev–Trinajstić information content (AvgIpc) is 3.51. The molecule has 13 nitrogen and oxygen atoms in total. The molecule has 4 atom stereocenters. The van der Waals surface area contributed by atoms with Crippen LogP contribution in [0.1, 0.15) is 61.4 Å². The first kappa shape index (κ1) is 36.0. The van der Waals surface area contributed by atoms with E-state index in [1.54, 1.807) is 36.2 Å². The Kier molecular flexibility index (Phi) is 9.18. The molecular formula is C37H40F3N9O4. The number of amides is 3. The van der Waals surface area contributed by atoms with Crippen LogP contribution in [0.25, 0.3) is 22.0 Å². The van der Waals surface area contributed by atoms with Gasteiger partial charge in [0.1, 0.15) is 30.6 Å². The van der Waals surface area contributed by atoms with Crippen LogP contribution >= 0.6 is 0 Å². The fraction of sp³-hybridized carbons (Fsp3) is 0.459. The van der Waals surface area contributed by atoms with Crippen LogP contribution in [-0.2, 0) is 33.9 Å². The van der Waals surface area contributed by atoms with Gasteiger partial charge < -0.3 is 15.1 Å². The second-order valence-electron chi connectivity index (χ2n) is 14.4. The highest BCUT2D eigenvalue weighted by Crippen LogP contribution is 2.64. The molecule has 0 radical (unpaired) electrons. The number of hydrogen-bond acceptors (Lipinski definition) is 8. The summed E-state index contributed by atoms with van der Waals surface area (Å²) >= 11 is 0. The maximum atomic E-state index is 14.6. The zero-order valence-electron chi connectivity index (χ0n) is 29.9. The number of nitrogens with zero attached hydrogens (tertiary/aromatic N) is 8. The first-order chi connectivity index (χ1) is 25.1. The third kappa shape index (κ3) is 6.93. The van der Waals surface area contributed by atoms with E-state index < -0.39 is 36.0 Å². The molecule has 1 saturated heterocycles. The van der Waals surface area contributed by atoms with Crippen LogP contribution in [0.3, 0.4) is 0 Å². The van der Waals surface area contributed by atoms with Gasteiger partial charge in [0, 0.05) is 74.0 Å². The van der Waals surface area contributed by atoms with Crippen molar-refractivity contribution in [1.82, 2.24) is 39.3 Å². The van der Waals surface area contributed by atoms with Gasteiger partial charge in [-0.05, 0) is 61.8 Å². The van der Waals surface area contributed by atoms with Crippen molar-refractivity contribution in [3.8, 4) is 11.1 Å². The van der Waals surface area contributed by atoms with Crippen molar-refractivity contribution >= 4 is 40.2 Å². The van der Waals surface area contributed by atoms with Gasteiger partial charge in [-0.2, -0.15) is 23.4 Å². The van der Waals surface area contributed by atoms with Crippen molar-refractivity contribution in [2.75, 3.05) is 18.9 Å². The van der Waals surface area contributed by atoms with Crippen LogP contribution in [0.15, 0.2) is 48.9 Å².